The van der Waals surface area contributed by atoms with E-state index in [9.17, 15) is 14.7 Å². The van der Waals surface area contributed by atoms with Crippen LogP contribution in [0.2, 0.25) is 0 Å². The van der Waals surface area contributed by atoms with Crippen LogP contribution in [0.15, 0.2) is 134 Å². The molecule has 0 fully saturated rings. The van der Waals surface area contributed by atoms with Gasteiger partial charge in [0.05, 0.1) is 6.61 Å². The summed E-state index contributed by atoms with van der Waals surface area (Å²) in [6, 6.07) is 0. The molecule has 0 aromatic heterocycles. The van der Waals surface area contributed by atoms with E-state index in [1.54, 1.807) is 0 Å². The Morgan fingerprint density at radius 3 is 0.909 bits per heavy atom. The Hall–Kier alpha value is -3.96. The summed E-state index contributed by atoms with van der Waals surface area (Å²) in [6.45, 7) is 3.89. The second kappa shape index (κ2) is 55.4. The zero-order valence-corrected chi connectivity index (χ0v) is 42.4. The molecule has 1 N–H and O–H groups in total. The molecule has 0 spiro atoms. The molecule has 0 bridgehead atoms. The molecule has 0 amide bonds. The molecule has 0 saturated heterocycles. The van der Waals surface area contributed by atoms with Crippen molar-refractivity contribution < 1.29 is 24.2 Å². The summed E-state index contributed by atoms with van der Waals surface area (Å²) in [7, 11) is 0. The molecule has 1 atom stereocenters. The van der Waals surface area contributed by atoms with Crippen LogP contribution in [0, 0.1) is 0 Å². The molecule has 5 heteroatoms. The van der Waals surface area contributed by atoms with Gasteiger partial charge in [0, 0.05) is 12.8 Å². The number of esters is 2. The lowest BCUT2D eigenvalue weighted by atomic mass is 10.0. The standard InChI is InChI=1S/C61H98O5/c1-3-5-7-9-11-13-15-17-19-21-23-25-27-28-29-30-31-32-34-35-37-39-41-43-45-47-49-51-53-55-60(63)65-58-59(57-62)66-61(64)56-54-52-50-48-46-44-42-40-38-36-33-26-24-22-20-18-16-14-12-10-8-6-4-2/h5-8,11-14,17-20,23-26,28-29,36,38,42,44,59,62H,3-4,9-10,15-16,21-22,27,30-35,37,39-41,43,45-58H2,1-2H3/b7-5-,8-6-,13-11-,14-12-,19-17-,20-18-,25-23-,26-24-,29-28-,38-36-,44-42-. The van der Waals surface area contributed by atoms with Crippen LogP contribution in [-0.2, 0) is 19.1 Å². The van der Waals surface area contributed by atoms with Crippen molar-refractivity contribution >= 4 is 11.9 Å². The largest absolute Gasteiger partial charge is 0.462 e. The third-order valence-corrected chi connectivity index (χ3v) is 10.9. The van der Waals surface area contributed by atoms with E-state index in [1.165, 1.54) is 70.6 Å². The van der Waals surface area contributed by atoms with Gasteiger partial charge >= 0.3 is 11.9 Å². The molecule has 66 heavy (non-hydrogen) atoms. The van der Waals surface area contributed by atoms with E-state index in [0.717, 1.165) is 122 Å². The minimum Gasteiger partial charge on any atom is -0.462 e. The number of rotatable bonds is 47. The fraction of sp³-hybridized carbons (Fsp3) is 0.607. The number of hydrogen-bond acceptors (Lipinski definition) is 5. The van der Waals surface area contributed by atoms with Crippen LogP contribution < -0.4 is 0 Å². The van der Waals surface area contributed by atoms with Crippen LogP contribution >= 0.6 is 0 Å². The fourth-order valence-electron chi connectivity index (χ4n) is 7.00. The van der Waals surface area contributed by atoms with E-state index in [1.807, 2.05) is 0 Å². The second-order valence-electron chi connectivity index (χ2n) is 17.2. The molecule has 0 aromatic rings. The number of hydrogen-bond donors (Lipinski definition) is 1. The van der Waals surface area contributed by atoms with Crippen LogP contribution in [0.4, 0.5) is 0 Å². The summed E-state index contributed by atoms with van der Waals surface area (Å²) in [6.07, 6.45) is 82.6. The van der Waals surface area contributed by atoms with Crippen molar-refractivity contribution in [1.82, 2.24) is 0 Å². The van der Waals surface area contributed by atoms with Gasteiger partial charge in [-0.3, -0.25) is 9.59 Å². The van der Waals surface area contributed by atoms with Gasteiger partial charge < -0.3 is 14.6 Å². The van der Waals surface area contributed by atoms with Gasteiger partial charge in [-0.25, -0.2) is 0 Å². The van der Waals surface area contributed by atoms with Gasteiger partial charge in [0.2, 0.25) is 0 Å². The van der Waals surface area contributed by atoms with Gasteiger partial charge in [-0.15, -0.1) is 0 Å². The van der Waals surface area contributed by atoms with Crippen molar-refractivity contribution in [2.24, 2.45) is 0 Å². The first-order valence-corrected chi connectivity index (χ1v) is 26.7. The third kappa shape index (κ3) is 52.7. The highest BCUT2D eigenvalue weighted by molar-refractivity contribution is 5.70. The molecule has 0 aromatic carbocycles. The SMILES string of the molecule is CC/C=C\C/C=C\C/C=C\C/C=C\C/C=C\C/C=C\CCCCCCC(=O)OC(CO)COC(=O)CCCCCCCCCCCCCCC/C=C\C/C=C\C/C=C\C/C=C\C/C=C\CC. The Morgan fingerprint density at radius 1 is 0.348 bits per heavy atom. The van der Waals surface area contributed by atoms with E-state index in [0.29, 0.717) is 12.8 Å². The first-order valence-electron chi connectivity index (χ1n) is 26.7. The highest BCUT2D eigenvalue weighted by Crippen LogP contribution is 2.14. The number of aliphatic hydroxyl groups is 1. The second-order valence-corrected chi connectivity index (χ2v) is 17.2. The number of ether oxygens (including phenoxy) is 2. The third-order valence-electron chi connectivity index (χ3n) is 10.9. The Labute approximate surface area is 406 Å². The maximum Gasteiger partial charge on any atom is 0.306 e. The Morgan fingerprint density at radius 2 is 0.606 bits per heavy atom. The molecule has 0 aliphatic rings. The van der Waals surface area contributed by atoms with Gasteiger partial charge in [-0.2, -0.15) is 0 Å². The van der Waals surface area contributed by atoms with E-state index < -0.39 is 6.10 Å². The average molecular weight is 911 g/mol. The molecule has 0 aliphatic carbocycles. The number of unbranched alkanes of at least 4 members (excludes halogenated alkanes) is 17. The summed E-state index contributed by atoms with van der Waals surface area (Å²) in [5, 5.41) is 9.64. The predicted octanol–water partition coefficient (Wildman–Crippen LogP) is 18.1. The van der Waals surface area contributed by atoms with Gasteiger partial charge in [-0.05, 0) is 109 Å². The van der Waals surface area contributed by atoms with Crippen molar-refractivity contribution in [2.45, 2.75) is 225 Å². The molecule has 0 saturated carbocycles. The lowest BCUT2D eigenvalue weighted by Crippen LogP contribution is -2.28. The Bertz CT molecular complexity index is 1400. The number of carbonyl (C=O) groups is 2. The lowest BCUT2D eigenvalue weighted by molar-refractivity contribution is -0.161. The van der Waals surface area contributed by atoms with Crippen LogP contribution in [-0.4, -0.2) is 36.4 Å². The van der Waals surface area contributed by atoms with Gasteiger partial charge in [-0.1, -0.05) is 231 Å². The predicted molar refractivity (Wildman–Crippen MR) is 288 cm³/mol. The minimum atomic E-state index is -0.797. The fourth-order valence-corrected chi connectivity index (χ4v) is 7.00. The topological polar surface area (TPSA) is 72.8 Å². The lowest BCUT2D eigenvalue weighted by Gasteiger charge is -2.15. The minimum absolute atomic E-state index is 0.0852. The summed E-state index contributed by atoms with van der Waals surface area (Å²) in [4.78, 5) is 24.5. The number of aliphatic hydroxyl groups excluding tert-OH is 1. The van der Waals surface area contributed by atoms with Crippen LogP contribution in [0.3, 0.4) is 0 Å². The highest BCUT2D eigenvalue weighted by Gasteiger charge is 2.16. The quantitative estimate of drug-likeness (QED) is 0.0374. The molecule has 1 unspecified atom stereocenters. The number of allylic oxidation sites excluding steroid dienone is 22. The molecule has 0 rings (SSSR count). The first-order chi connectivity index (χ1) is 32.6. The molecule has 0 radical (unpaired) electrons. The van der Waals surface area contributed by atoms with Crippen LogP contribution in [0.25, 0.3) is 0 Å². The summed E-state index contributed by atoms with van der Waals surface area (Å²) in [5.74, 6) is -0.628. The molecule has 5 nitrogen and oxygen atoms in total. The zero-order valence-electron chi connectivity index (χ0n) is 42.4. The van der Waals surface area contributed by atoms with Crippen molar-refractivity contribution in [3.63, 3.8) is 0 Å². The molecular weight excluding hydrogens is 813 g/mol. The van der Waals surface area contributed by atoms with Crippen molar-refractivity contribution in [3.05, 3.63) is 134 Å². The van der Waals surface area contributed by atoms with Crippen molar-refractivity contribution in [2.75, 3.05) is 13.2 Å². The van der Waals surface area contributed by atoms with Crippen LogP contribution in [0.1, 0.15) is 219 Å². The summed E-state index contributed by atoms with van der Waals surface area (Å²) >= 11 is 0. The molecule has 0 heterocycles. The summed E-state index contributed by atoms with van der Waals surface area (Å²) < 4.78 is 10.7. The Balaban J connectivity index is 3.59. The molecule has 0 aliphatic heterocycles. The van der Waals surface area contributed by atoms with E-state index in [4.69, 9.17) is 9.47 Å². The Kier molecular flexibility index (Phi) is 52.0. The van der Waals surface area contributed by atoms with Crippen molar-refractivity contribution in [3.8, 4) is 0 Å². The number of carbonyl (C=O) groups excluding carboxylic acids is 2. The van der Waals surface area contributed by atoms with Gasteiger partial charge in [0.15, 0.2) is 6.10 Å². The maximum absolute atomic E-state index is 12.3. The first kappa shape index (κ1) is 62.0. The summed E-state index contributed by atoms with van der Waals surface area (Å²) in [5.41, 5.74) is 0. The molecular formula is C61H98O5. The smallest absolute Gasteiger partial charge is 0.306 e. The average Bonchev–Trinajstić information content (AvgIpc) is 3.32. The van der Waals surface area contributed by atoms with E-state index in [2.05, 4.69) is 148 Å². The van der Waals surface area contributed by atoms with Gasteiger partial charge in [0.25, 0.3) is 0 Å². The van der Waals surface area contributed by atoms with Gasteiger partial charge in [0.1, 0.15) is 6.61 Å². The molecule has 372 valence electrons. The maximum atomic E-state index is 12.3. The van der Waals surface area contributed by atoms with Crippen LogP contribution in [0.5, 0.6) is 0 Å². The van der Waals surface area contributed by atoms with E-state index in [-0.39, 0.29) is 25.2 Å². The van der Waals surface area contributed by atoms with Crippen molar-refractivity contribution in [1.29, 1.82) is 0 Å². The normalized spacial score (nSPS) is 13.3. The van der Waals surface area contributed by atoms with E-state index >= 15 is 0 Å². The monoisotopic (exact) mass is 911 g/mol. The zero-order chi connectivity index (χ0) is 47.7. The highest BCUT2D eigenvalue weighted by atomic mass is 16.6.